The van der Waals surface area contributed by atoms with E-state index >= 15 is 0 Å². The summed E-state index contributed by atoms with van der Waals surface area (Å²) in [5.41, 5.74) is 5.24. The molecule has 6 heteroatoms. The largest absolute Gasteiger partial charge is 0.480 e. The molecule has 0 bridgehead atoms. The molecule has 0 aromatic carbocycles. The lowest BCUT2D eigenvalue weighted by Crippen LogP contribution is -2.36. The maximum atomic E-state index is 10.9. The maximum absolute atomic E-state index is 10.9. The van der Waals surface area contributed by atoms with E-state index in [0.29, 0.717) is 0 Å². The van der Waals surface area contributed by atoms with Crippen molar-refractivity contribution in [3.05, 3.63) is 0 Å². The summed E-state index contributed by atoms with van der Waals surface area (Å²) in [4.78, 5) is 25.6. The van der Waals surface area contributed by atoms with E-state index in [-0.39, 0.29) is 6.61 Å². The molecule has 6 nitrogen and oxygen atoms in total. The first-order valence-electron chi connectivity index (χ1n) is 3.03. The van der Waals surface area contributed by atoms with Crippen LogP contribution in [0.1, 0.15) is 0 Å². The van der Waals surface area contributed by atoms with Crippen molar-refractivity contribution in [3.63, 3.8) is 0 Å². The third kappa shape index (κ3) is 1.66. The van der Waals surface area contributed by atoms with Crippen molar-refractivity contribution in [2.45, 2.75) is 6.04 Å². The summed E-state index contributed by atoms with van der Waals surface area (Å²) >= 11 is 0. The SMILES string of the molecule is N[C@H]1CON(CC(=O)O)C1=O. The highest BCUT2D eigenvalue weighted by molar-refractivity contribution is 5.85. The highest BCUT2D eigenvalue weighted by atomic mass is 16.7. The van der Waals surface area contributed by atoms with Crippen LogP contribution in [0.4, 0.5) is 0 Å². The van der Waals surface area contributed by atoms with Gasteiger partial charge in [-0.1, -0.05) is 0 Å². The molecule has 0 aliphatic carbocycles. The monoisotopic (exact) mass is 160 g/mol. The average Bonchev–Trinajstić information content (AvgIpc) is 2.18. The molecule has 1 rings (SSSR count). The number of nitrogens with zero attached hydrogens (tertiary/aromatic N) is 1. The standard InChI is InChI=1S/C5H8N2O4/c6-3-2-11-7(5(3)10)1-4(8)9/h3H,1-2,6H2,(H,8,9)/t3-/m0/s1. The van der Waals surface area contributed by atoms with Gasteiger partial charge in [0.25, 0.3) is 5.91 Å². The van der Waals surface area contributed by atoms with Crippen LogP contribution < -0.4 is 5.73 Å². The van der Waals surface area contributed by atoms with Gasteiger partial charge in [-0.25, -0.2) is 5.06 Å². The lowest BCUT2D eigenvalue weighted by atomic mass is 10.3. The molecule has 0 aromatic heterocycles. The van der Waals surface area contributed by atoms with E-state index < -0.39 is 24.5 Å². The molecule has 1 aliphatic rings. The Labute approximate surface area is 62.5 Å². The quantitative estimate of drug-likeness (QED) is 0.495. The molecule has 62 valence electrons. The fourth-order valence-corrected chi connectivity index (χ4v) is 0.737. The summed E-state index contributed by atoms with van der Waals surface area (Å²) in [7, 11) is 0. The van der Waals surface area contributed by atoms with Gasteiger partial charge in [0.2, 0.25) is 0 Å². The van der Waals surface area contributed by atoms with Crippen LogP contribution in [0.5, 0.6) is 0 Å². The fraction of sp³-hybridized carbons (Fsp3) is 0.600. The zero-order chi connectivity index (χ0) is 8.43. The lowest BCUT2D eigenvalue weighted by Gasteiger charge is -2.09. The van der Waals surface area contributed by atoms with Crippen molar-refractivity contribution in [3.8, 4) is 0 Å². The first-order valence-corrected chi connectivity index (χ1v) is 3.03. The molecule has 1 saturated heterocycles. The van der Waals surface area contributed by atoms with Crippen LogP contribution in [-0.4, -0.2) is 41.2 Å². The van der Waals surface area contributed by atoms with E-state index in [1.807, 2.05) is 0 Å². The van der Waals surface area contributed by atoms with Crippen LogP contribution in [0, 0.1) is 0 Å². The molecule has 1 heterocycles. The van der Waals surface area contributed by atoms with Crippen molar-refractivity contribution in [1.82, 2.24) is 5.06 Å². The summed E-state index contributed by atoms with van der Waals surface area (Å²) in [5, 5.41) is 9.02. The predicted molar refractivity (Wildman–Crippen MR) is 33.3 cm³/mol. The van der Waals surface area contributed by atoms with E-state index in [4.69, 9.17) is 10.8 Å². The number of carbonyl (C=O) groups is 2. The zero-order valence-electron chi connectivity index (χ0n) is 5.69. The van der Waals surface area contributed by atoms with Gasteiger partial charge in [-0.2, -0.15) is 0 Å². The topological polar surface area (TPSA) is 92.9 Å². The van der Waals surface area contributed by atoms with Crippen LogP contribution in [-0.2, 0) is 14.4 Å². The van der Waals surface area contributed by atoms with Crippen molar-refractivity contribution < 1.29 is 19.5 Å². The second kappa shape index (κ2) is 2.85. The van der Waals surface area contributed by atoms with Crippen molar-refractivity contribution in [2.75, 3.05) is 13.2 Å². The number of carbonyl (C=O) groups excluding carboxylic acids is 1. The molecule has 1 amide bonds. The number of aliphatic carboxylic acids is 1. The normalized spacial score (nSPS) is 24.3. The molecule has 0 spiro atoms. The minimum Gasteiger partial charge on any atom is -0.480 e. The number of amides is 1. The van der Waals surface area contributed by atoms with Crippen LogP contribution in [0.2, 0.25) is 0 Å². The molecule has 1 atom stereocenters. The first-order chi connectivity index (χ1) is 5.11. The number of rotatable bonds is 2. The van der Waals surface area contributed by atoms with Crippen LogP contribution in [0.15, 0.2) is 0 Å². The minimum absolute atomic E-state index is 0.0616. The van der Waals surface area contributed by atoms with Gasteiger partial charge in [-0.3, -0.25) is 14.4 Å². The average molecular weight is 160 g/mol. The number of nitrogens with two attached hydrogens (primary N) is 1. The maximum Gasteiger partial charge on any atom is 0.325 e. The van der Waals surface area contributed by atoms with Gasteiger partial charge in [0.05, 0.1) is 6.61 Å². The molecule has 0 saturated carbocycles. The summed E-state index contributed by atoms with van der Waals surface area (Å²) in [6.45, 7) is -0.390. The van der Waals surface area contributed by atoms with Crippen molar-refractivity contribution in [2.24, 2.45) is 5.73 Å². The Morgan fingerprint density at radius 2 is 2.55 bits per heavy atom. The molecule has 0 radical (unpaired) electrons. The van der Waals surface area contributed by atoms with E-state index in [1.165, 1.54) is 0 Å². The summed E-state index contributed by atoms with van der Waals surface area (Å²) < 4.78 is 0. The second-order valence-electron chi connectivity index (χ2n) is 2.17. The number of carboxylic acids is 1. The van der Waals surface area contributed by atoms with Crippen LogP contribution in [0.25, 0.3) is 0 Å². The lowest BCUT2D eigenvalue weighted by molar-refractivity contribution is -0.171. The summed E-state index contributed by atoms with van der Waals surface area (Å²) in [6.07, 6.45) is 0. The number of hydrogen-bond donors (Lipinski definition) is 2. The molecule has 3 N–H and O–H groups in total. The third-order valence-electron chi connectivity index (χ3n) is 1.25. The van der Waals surface area contributed by atoms with E-state index in [0.717, 1.165) is 5.06 Å². The van der Waals surface area contributed by atoms with Gasteiger partial charge in [-0.05, 0) is 0 Å². The van der Waals surface area contributed by atoms with Crippen LogP contribution >= 0.6 is 0 Å². The molecule has 1 aliphatic heterocycles. The number of hydroxylamine groups is 2. The summed E-state index contributed by atoms with van der Waals surface area (Å²) in [5.74, 6) is -1.60. The Morgan fingerprint density at radius 3 is 2.91 bits per heavy atom. The molecular weight excluding hydrogens is 152 g/mol. The zero-order valence-corrected chi connectivity index (χ0v) is 5.69. The second-order valence-corrected chi connectivity index (χ2v) is 2.17. The fourth-order valence-electron chi connectivity index (χ4n) is 0.737. The van der Waals surface area contributed by atoms with Crippen molar-refractivity contribution in [1.29, 1.82) is 0 Å². The number of hydrogen-bond acceptors (Lipinski definition) is 4. The van der Waals surface area contributed by atoms with Gasteiger partial charge < -0.3 is 10.8 Å². The van der Waals surface area contributed by atoms with Crippen LogP contribution in [0.3, 0.4) is 0 Å². The van der Waals surface area contributed by atoms with E-state index in [2.05, 4.69) is 4.84 Å². The Kier molecular flexibility index (Phi) is 2.06. The Morgan fingerprint density at radius 1 is 1.91 bits per heavy atom. The highest BCUT2D eigenvalue weighted by Crippen LogP contribution is 2.04. The molecule has 0 unspecified atom stereocenters. The van der Waals surface area contributed by atoms with Gasteiger partial charge in [0, 0.05) is 0 Å². The van der Waals surface area contributed by atoms with Crippen molar-refractivity contribution >= 4 is 11.9 Å². The van der Waals surface area contributed by atoms with Gasteiger partial charge in [-0.15, -0.1) is 0 Å². The first kappa shape index (κ1) is 7.96. The predicted octanol–water partition coefficient (Wildman–Crippen LogP) is -1.83. The Balaban J connectivity index is 2.49. The van der Waals surface area contributed by atoms with Gasteiger partial charge in [0.1, 0.15) is 12.6 Å². The van der Waals surface area contributed by atoms with E-state index in [9.17, 15) is 9.59 Å². The number of carboxylic acid groups (broad SMARTS) is 1. The van der Waals surface area contributed by atoms with Gasteiger partial charge >= 0.3 is 5.97 Å². The Hall–Kier alpha value is -1.14. The highest BCUT2D eigenvalue weighted by Gasteiger charge is 2.31. The molecular formula is C5H8N2O4. The third-order valence-corrected chi connectivity index (χ3v) is 1.25. The van der Waals surface area contributed by atoms with E-state index in [1.54, 1.807) is 0 Å². The molecule has 1 fully saturated rings. The van der Waals surface area contributed by atoms with Gasteiger partial charge in [0.15, 0.2) is 0 Å². The smallest absolute Gasteiger partial charge is 0.325 e. The Bertz CT molecular complexity index is 193. The minimum atomic E-state index is -1.12. The summed E-state index contributed by atoms with van der Waals surface area (Å²) in [6, 6.07) is -0.714. The molecule has 0 aromatic rings. The molecule has 11 heavy (non-hydrogen) atoms.